The first-order valence-corrected chi connectivity index (χ1v) is 8.86. The average molecular weight is 343 g/mol. The number of aromatic nitrogens is 3. The lowest BCUT2D eigenvalue weighted by Crippen LogP contribution is -2.23. The molecule has 0 aromatic carbocycles. The second-order valence-corrected chi connectivity index (χ2v) is 6.53. The molecule has 0 radical (unpaired) electrons. The Hall–Kier alpha value is -2.07. The molecule has 24 heavy (non-hydrogen) atoms. The molecule has 0 unspecified atom stereocenters. The molecular formula is C19H23ClN4. The van der Waals surface area contributed by atoms with Crippen molar-refractivity contribution >= 4 is 28.6 Å². The Morgan fingerprint density at radius 2 is 2.12 bits per heavy atom. The first-order chi connectivity index (χ1) is 11.7. The first kappa shape index (κ1) is 16.8. The van der Waals surface area contributed by atoms with Crippen LogP contribution in [0.5, 0.6) is 0 Å². The molecule has 0 spiro atoms. The van der Waals surface area contributed by atoms with E-state index >= 15 is 0 Å². The van der Waals surface area contributed by atoms with Gasteiger partial charge < -0.3 is 5.32 Å². The van der Waals surface area contributed by atoms with Crippen LogP contribution >= 0.6 is 11.6 Å². The van der Waals surface area contributed by atoms with E-state index in [1.807, 2.05) is 41.9 Å². The van der Waals surface area contributed by atoms with Gasteiger partial charge in [-0.25, -0.2) is 9.50 Å². The zero-order valence-electron chi connectivity index (χ0n) is 14.0. The molecule has 0 aliphatic heterocycles. The zero-order chi connectivity index (χ0) is 16.9. The Kier molecular flexibility index (Phi) is 5.36. The van der Waals surface area contributed by atoms with Crippen molar-refractivity contribution in [1.82, 2.24) is 14.6 Å². The molecule has 1 fully saturated rings. The van der Waals surface area contributed by atoms with Gasteiger partial charge in [-0.05, 0) is 43.5 Å². The van der Waals surface area contributed by atoms with Crippen LogP contribution in [0.1, 0.15) is 44.7 Å². The van der Waals surface area contributed by atoms with Gasteiger partial charge in [0.1, 0.15) is 5.82 Å². The number of rotatable bonds is 5. The largest absolute Gasteiger partial charge is 0.366 e. The zero-order valence-corrected chi connectivity index (χ0v) is 14.8. The number of hydrogen-bond donors (Lipinski definition) is 1. The summed E-state index contributed by atoms with van der Waals surface area (Å²) >= 11 is 6.11. The smallest absolute Gasteiger partial charge is 0.154 e. The average Bonchev–Trinajstić information content (AvgIpc) is 3.03. The molecule has 3 rings (SSSR count). The Morgan fingerprint density at radius 1 is 1.33 bits per heavy atom. The summed E-state index contributed by atoms with van der Waals surface area (Å²) in [6.45, 7) is 5.67. The normalized spacial score (nSPS) is 17.2. The molecule has 2 heterocycles. The molecule has 126 valence electrons. The highest BCUT2D eigenvalue weighted by Crippen LogP contribution is 2.23. The molecular weight excluding hydrogens is 320 g/mol. The molecule has 4 nitrogen and oxygen atoms in total. The number of nitrogens with one attached hydrogen (secondary N) is 1. The van der Waals surface area contributed by atoms with Crippen LogP contribution in [0.3, 0.4) is 0 Å². The van der Waals surface area contributed by atoms with E-state index in [-0.39, 0.29) is 0 Å². The molecule has 1 N–H and O–H groups in total. The van der Waals surface area contributed by atoms with Crippen molar-refractivity contribution in [3.05, 3.63) is 53.9 Å². The first-order valence-electron chi connectivity index (χ1n) is 8.49. The van der Waals surface area contributed by atoms with Crippen molar-refractivity contribution in [3.63, 3.8) is 0 Å². The molecule has 0 atom stereocenters. The van der Waals surface area contributed by atoms with Crippen LogP contribution in [0.15, 0.2) is 48.2 Å². The highest BCUT2D eigenvalue weighted by atomic mass is 35.5. The minimum Gasteiger partial charge on any atom is -0.366 e. The van der Waals surface area contributed by atoms with Crippen LogP contribution in [0.2, 0.25) is 0 Å². The van der Waals surface area contributed by atoms with E-state index in [0.717, 1.165) is 22.7 Å². The van der Waals surface area contributed by atoms with E-state index in [1.165, 1.54) is 32.1 Å². The second kappa shape index (κ2) is 7.67. The third-order valence-electron chi connectivity index (χ3n) is 4.41. The summed E-state index contributed by atoms with van der Waals surface area (Å²) in [5.41, 5.74) is 2.70. The summed E-state index contributed by atoms with van der Waals surface area (Å²) in [6, 6.07) is 4.52. The molecule has 0 amide bonds. The number of hydrogen-bond acceptors (Lipinski definition) is 3. The van der Waals surface area contributed by atoms with Crippen LogP contribution in [-0.2, 0) is 0 Å². The molecule has 0 saturated heterocycles. The van der Waals surface area contributed by atoms with Crippen molar-refractivity contribution in [2.24, 2.45) is 0 Å². The third-order valence-corrected chi connectivity index (χ3v) is 4.68. The highest BCUT2D eigenvalue weighted by molar-refractivity contribution is 6.31. The molecule has 0 bridgehead atoms. The van der Waals surface area contributed by atoms with E-state index in [2.05, 4.69) is 16.9 Å². The summed E-state index contributed by atoms with van der Waals surface area (Å²) in [6.07, 6.45) is 13.7. The van der Waals surface area contributed by atoms with Crippen molar-refractivity contribution in [2.45, 2.75) is 45.1 Å². The summed E-state index contributed by atoms with van der Waals surface area (Å²) in [4.78, 5) is 4.44. The van der Waals surface area contributed by atoms with Gasteiger partial charge in [0.15, 0.2) is 5.65 Å². The SMILES string of the molecule is C=C/C(Cl)=C\C(=C/C)c1cnc2ccc(NC3CCCCC3)nn12. The Bertz CT molecular complexity index is 782. The van der Waals surface area contributed by atoms with Gasteiger partial charge in [-0.3, -0.25) is 0 Å². The number of fused-ring (bicyclic) bond motifs is 1. The standard InChI is InChI=1S/C19H23ClN4/c1-3-14(12-15(20)4-2)17-13-21-19-11-10-18(23-24(17)19)22-16-8-6-5-7-9-16/h3-4,10-13,16H,2,5-9H2,1H3,(H,22,23)/b14-3+,15-12+. The summed E-state index contributed by atoms with van der Waals surface area (Å²) in [5, 5.41) is 8.89. The minimum absolute atomic E-state index is 0.520. The van der Waals surface area contributed by atoms with Gasteiger partial charge >= 0.3 is 0 Å². The lowest BCUT2D eigenvalue weighted by molar-refractivity contribution is 0.461. The van der Waals surface area contributed by atoms with E-state index in [4.69, 9.17) is 16.7 Å². The fourth-order valence-electron chi connectivity index (χ4n) is 3.12. The van der Waals surface area contributed by atoms with Crippen LogP contribution in [-0.4, -0.2) is 20.6 Å². The van der Waals surface area contributed by atoms with E-state index in [9.17, 15) is 0 Å². The Balaban J connectivity index is 1.92. The van der Waals surface area contributed by atoms with Crippen LogP contribution in [0.25, 0.3) is 11.2 Å². The topological polar surface area (TPSA) is 42.2 Å². The second-order valence-electron chi connectivity index (χ2n) is 6.09. The molecule has 2 aromatic rings. The monoisotopic (exact) mass is 342 g/mol. The van der Waals surface area contributed by atoms with Crippen LogP contribution in [0.4, 0.5) is 5.82 Å². The fraction of sp³-hybridized carbons (Fsp3) is 0.368. The predicted octanol–water partition coefficient (Wildman–Crippen LogP) is 5.19. The molecule has 2 aromatic heterocycles. The summed E-state index contributed by atoms with van der Waals surface area (Å²) in [5.74, 6) is 0.892. The molecule has 1 aliphatic rings. The molecule has 5 heteroatoms. The number of imidazole rings is 1. The third kappa shape index (κ3) is 3.70. The van der Waals surface area contributed by atoms with Gasteiger partial charge in [-0.15, -0.1) is 5.10 Å². The molecule has 1 aliphatic carbocycles. The number of nitrogens with zero attached hydrogens (tertiary/aromatic N) is 3. The lowest BCUT2D eigenvalue weighted by Gasteiger charge is -2.23. The van der Waals surface area contributed by atoms with E-state index < -0.39 is 0 Å². The highest BCUT2D eigenvalue weighted by Gasteiger charge is 2.14. The van der Waals surface area contributed by atoms with E-state index in [1.54, 1.807) is 6.08 Å². The summed E-state index contributed by atoms with van der Waals surface area (Å²) < 4.78 is 1.87. The van der Waals surface area contributed by atoms with Gasteiger partial charge in [0.2, 0.25) is 0 Å². The van der Waals surface area contributed by atoms with Crippen molar-refractivity contribution in [1.29, 1.82) is 0 Å². The quantitative estimate of drug-likeness (QED) is 0.761. The van der Waals surface area contributed by atoms with Gasteiger partial charge in [-0.2, -0.15) is 0 Å². The maximum absolute atomic E-state index is 6.11. The van der Waals surface area contributed by atoms with Gasteiger partial charge in [-0.1, -0.05) is 49.6 Å². The van der Waals surface area contributed by atoms with Crippen molar-refractivity contribution in [2.75, 3.05) is 5.32 Å². The van der Waals surface area contributed by atoms with E-state index in [0.29, 0.717) is 11.1 Å². The number of halogens is 1. The van der Waals surface area contributed by atoms with Gasteiger partial charge in [0, 0.05) is 11.1 Å². The Morgan fingerprint density at radius 3 is 2.83 bits per heavy atom. The minimum atomic E-state index is 0.520. The maximum atomic E-state index is 6.11. The summed E-state index contributed by atoms with van der Waals surface area (Å²) in [7, 11) is 0. The number of allylic oxidation sites excluding steroid dienone is 5. The van der Waals surface area contributed by atoms with Crippen LogP contribution < -0.4 is 5.32 Å². The van der Waals surface area contributed by atoms with Gasteiger partial charge in [0.05, 0.1) is 11.9 Å². The molecule has 1 saturated carbocycles. The Labute approximate surface area is 147 Å². The van der Waals surface area contributed by atoms with Crippen molar-refractivity contribution < 1.29 is 0 Å². The lowest BCUT2D eigenvalue weighted by atomic mass is 9.95. The van der Waals surface area contributed by atoms with Crippen LogP contribution in [0, 0.1) is 0 Å². The van der Waals surface area contributed by atoms with Crippen molar-refractivity contribution in [3.8, 4) is 0 Å². The fourth-order valence-corrected chi connectivity index (χ4v) is 3.23. The predicted molar refractivity (Wildman–Crippen MR) is 101 cm³/mol. The van der Waals surface area contributed by atoms with Gasteiger partial charge in [0.25, 0.3) is 0 Å². The maximum Gasteiger partial charge on any atom is 0.154 e. The number of anilines is 1.